The Hall–Kier alpha value is -2.68. The van der Waals surface area contributed by atoms with Gasteiger partial charge in [0.15, 0.2) is 11.6 Å². The minimum Gasteiger partial charge on any atom is -0.490 e. The summed E-state index contributed by atoms with van der Waals surface area (Å²) >= 11 is 0. The van der Waals surface area contributed by atoms with E-state index < -0.39 is 11.6 Å². The molecule has 28 heavy (non-hydrogen) atoms. The average molecular weight is 382 g/mol. The van der Waals surface area contributed by atoms with Crippen molar-refractivity contribution >= 4 is 0 Å². The molecule has 2 aromatic carbocycles. The largest absolute Gasteiger partial charge is 0.490 e. The Morgan fingerprint density at radius 2 is 1.61 bits per heavy atom. The van der Waals surface area contributed by atoms with Crippen LogP contribution in [0.15, 0.2) is 72.9 Å². The van der Waals surface area contributed by atoms with E-state index >= 15 is 0 Å². The van der Waals surface area contributed by atoms with Crippen LogP contribution in [0.2, 0.25) is 0 Å². The van der Waals surface area contributed by atoms with Crippen molar-refractivity contribution in [2.75, 3.05) is 6.61 Å². The van der Waals surface area contributed by atoms with Crippen molar-refractivity contribution in [3.05, 3.63) is 90.1 Å². The second-order valence-corrected chi connectivity index (χ2v) is 6.79. The molecule has 0 unspecified atom stereocenters. The summed E-state index contributed by atoms with van der Waals surface area (Å²) < 4.78 is 33.9. The predicted octanol–water partition coefficient (Wildman–Crippen LogP) is 7.43. The average Bonchev–Trinajstić information content (AvgIpc) is 2.72. The molecule has 0 amide bonds. The molecule has 0 heterocycles. The monoisotopic (exact) mass is 382 g/mol. The van der Waals surface area contributed by atoms with E-state index in [1.807, 2.05) is 43.3 Å². The van der Waals surface area contributed by atoms with Gasteiger partial charge in [-0.1, -0.05) is 74.6 Å². The van der Waals surface area contributed by atoms with Crippen LogP contribution in [-0.2, 0) is 6.42 Å². The Kier molecular flexibility index (Phi) is 8.19. The normalized spacial score (nSPS) is 11.0. The van der Waals surface area contributed by atoms with Crippen molar-refractivity contribution in [1.82, 2.24) is 0 Å². The third-order valence-electron chi connectivity index (χ3n) is 4.52. The zero-order valence-electron chi connectivity index (χ0n) is 16.7. The molecule has 0 fully saturated rings. The van der Waals surface area contributed by atoms with Gasteiger partial charge < -0.3 is 4.74 Å². The second kappa shape index (κ2) is 10.6. The van der Waals surface area contributed by atoms with Gasteiger partial charge in [0, 0.05) is 5.56 Å². The Bertz CT molecular complexity index is 848. The van der Waals surface area contributed by atoms with Gasteiger partial charge in [-0.05, 0) is 48.9 Å². The molecule has 1 nitrogen and oxygen atoms in total. The molecule has 0 aliphatic carbocycles. The molecule has 0 saturated carbocycles. The van der Waals surface area contributed by atoms with Crippen LogP contribution in [0.3, 0.4) is 0 Å². The summed E-state index contributed by atoms with van der Waals surface area (Å²) in [4.78, 5) is 0. The van der Waals surface area contributed by atoms with E-state index in [0.717, 1.165) is 42.4 Å². The highest BCUT2D eigenvalue weighted by atomic mass is 19.2. The Morgan fingerprint density at radius 3 is 2.25 bits per heavy atom. The lowest BCUT2D eigenvalue weighted by atomic mass is 10.00. The van der Waals surface area contributed by atoms with Gasteiger partial charge in [0.1, 0.15) is 0 Å². The number of halogens is 2. The Morgan fingerprint density at radius 1 is 0.929 bits per heavy atom. The first-order chi connectivity index (χ1) is 13.5. The van der Waals surface area contributed by atoms with Gasteiger partial charge in [0.05, 0.1) is 6.61 Å². The van der Waals surface area contributed by atoms with Crippen LogP contribution in [-0.4, -0.2) is 6.61 Å². The molecule has 2 rings (SSSR count). The van der Waals surface area contributed by atoms with Gasteiger partial charge in [-0.3, -0.25) is 0 Å². The summed E-state index contributed by atoms with van der Waals surface area (Å²) in [7, 11) is 0. The molecule has 0 aromatic heterocycles. The van der Waals surface area contributed by atoms with Crippen LogP contribution in [0.25, 0.3) is 11.1 Å². The predicted molar refractivity (Wildman–Crippen MR) is 114 cm³/mol. The molecule has 0 aliphatic rings. The van der Waals surface area contributed by atoms with Crippen LogP contribution in [0.5, 0.6) is 5.75 Å². The fourth-order valence-electron chi connectivity index (χ4n) is 2.67. The first-order valence-corrected chi connectivity index (χ1v) is 9.70. The van der Waals surface area contributed by atoms with Crippen LogP contribution < -0.4 is 4.74 Å². The maximum absolute atomic E-state index is 14.4. The zero-order chi connectivity index (χ0) is 20.5. The highest BCUT2D eigenvalue weighted by Gasteiger charge is 2.15. The fraction of sp³-hybridized carbons (Fsp3) is 0.280. The molecule has 0 radical (unpaired) electrons. The van der Waals surface area contributed by atoms with Gasteiger partial charge in [-0.15, -0.1) is 0 Å². The minimum absolute atomic E-state index is 0.0444. The number of aryl methyl sites for hydroxylation is 1. The van der Waals surface area contributed by atoms with Gasteiger partial charge in [-0.25, -0.2) is 4.39 Å². The number of benzene rings is 2. The summed E-state index contributed by atoms with van der Waals surface area (Å²) in [5.41, 5.74) is 4.11. The Labute approximate surface area is 167 Å². The van der Waals surface area contributed by atoms with E-state index in [4.69, 9.17) is 4.74 Å². The lowest BCUT2D eigenvalue weighted by molar-refractivity contribution is 0.295. The van der Waals surface area contributed by atoms with Crippen molar-refractivity contribution in [2.24, 2.45) is 0 Å². The lowest BCUT2D eigenvalue weighted by Gasteiger charge is -2.10. The highest BCUT2D eigenvalue weighted by molar-refractivity contribution is 5.65. The summed E-state index contributed by atoms with van der Waals surface area (Å²) in [5.74, 6) is -1.86. The standard InChI is InChI=1S/C25H28F2O/c1-5-17-28-23-16-15-22(24(26)25(23)27)21-13-11-20(12-14-21)10-9-19(4)8-7-18(3)6-2/h7-8,11-16H,3-6,9-10,17H2,1-2H3/b8-7-. The van der Waals surface area contributed by atoms with Crippen molar-refractivity contribution in [3.8, 4) is 16.9 Å². The SMILES string of the molecule is C=C(/C=C\C(=C)CCc1ccc(-c2ccc(OCCC)c(F)c2F)cc1)CC. The van der Waals surface area contributed by atoms with Crippen LogP contribution >= 0.6 is 0 Å². The minimum atomic E-state index is -0.938. The lowest BCUT2D eigenvalue weighted by Crippen LogP contribution is -2.00. The van der Waals surface area contributed by atoms with Crippen LogP contribution in [0, 0.1) is 11.6 Å². The molecule has 148 valence electrons. The number of hydrogen-bond donors (Lipinski definition) is 0. The maximum Gasteiger partial charge on any atom is 0.201 e. The third-order valence-corrected chi connectivity index (χ3v) is 4.52. The molecule has 2 aromatic rings. The van der Waals surface area contributed by atoms with Crippen molar-refractivity contribution in [3.63, 3.8) is 0 Å². The van der Waals surface area contributed by atoms with E-state index in [9.17, 15) is 8.78 Å². The van der Waals surface area contributed by atoms with Crippen LogP contribution in [0.4, 0.5) is 8.78 Å². The summed E-state index contributed by atoms with van der Waals surface area (Å²) in [6.07, 6.45) is 7.33. The number of allylic oxidation sites excluding steroid dienone is 4. The van der Waals surface area contributed by atoms with E-state index in [1.165, 1.54) is 6.07 Å². The first kappa shape index (κ1) is 21.6. The second-order valence-electron chi connectivity index (χ2n) is 6.79. The molecule has 3 heteroatoms. The molecule has 0 spiro atoms. The quantitative estimate of drug-likeness (QED) is 0.388. The van der Waals surface area contributed by atoms with E-state index in [-0.39, 0.29) is 11.3 Å². The summed E-state index contributed by atoms with van der Waals surface area (Å²) in [5, 5.41) is 0. The number of rotatable bonds is 10. The highest BCUT2D eigenvalue weighted by Crippen LogP contribution is 2.30. The molecule has 0 N–H and O–H groups in total. The van der Waals surface area contributed by atoms with Crippen molar-refractivity contribution < 1.29 is 13.5 Å². The number of ether oxygens (including phenoxy) is 1. The first-order valence-electron chi connectivity index (χ1n) is 9.70. The smallest absolute Gasteiger partial charge is 0.201 e. The summed E-state index contributed by atoms with van der Waals surface area (Å²) in [6.45, 7) is 12.3. The van der Waals surface area contributed by atoms with Crippen LogP contribution in [0.1, 0.15) is 38.7 Å². The van der Waals surface area contributed by atoms with Crippen molar-refractivity contribution in [2.45, 2.75) is 39.5 Å². The Balaban J connectivity index is 2.04. The van der Waals surface area contributed by atoms with Gasteiger partial charge in [0.2, 0.25) is 5.82 Å². The molecular formula is C25H28F2O. The topological polar surface area (TPSA) is 9.23 Å². The summed E-state index contributed by atoms with van der Waals surface area (Å²) in [6, 6.07) is 10.6. The number of hydrogen-bond acceptors (Lipinski definition) is 1. The van der Waals surface area contributed by atoms with Crippen molar-refractivity contribution in [1.29, 1.82) is 0 Å². The molecule has 0 saturated heterocycles. The van der Waals surface area contributed by atoms with E-state index in [0.29, 0.717) is 12.2 Å². The van der Waals surface area contributed by atoms with Gasteiger partial charge >= 0.3 is 0 Å². The molecule has 0 aliphatic heterocycles. The van der Waals surface area contributed by atoms with E-state index in [1.54, 1.807) is 6.07 Å². The fourth-order valence-corrected chi connectivity index (χ4v) is 2.67. The molecule has 0 atom stereocenters. The molecule has 0 bridgehead atoms. The maximum atomic E-state index is 14.4. The van der Waals surface area contributed by atoms with Gasteiger partial charge in [0.25, 0.3) is 0 Å². The zero-order valence-corrected chi connectivity index (χ0v) is 16.7. The van der Waals surface area contributed by atoms with E-state index in [2.05, 4.69) is 20.1 Å². The van der Waals surface area contributed by atoms with Gasteiger partial charge in [-0.2, -0.15) is 4.39 Å². The third kappa shape index (κ3) is 5.91. The molecular weight excluding hydrogens is 354 g/mol.